The predicted molar refractivity (Wildman–Crippen MR) is 80.4 cm³/mol. The third-order valence-corrected chi connectivity index (χ3v) is 3.26. The summed E-state index contributed by atoms with van der Waals surface area (Å²) < 4.78 is 12.8. The standard InChI is InChI=1S/C16H22N2O2/c1-12(17)9-14-5-4-8-18(14)11-13-6-7-15(19-2)16(10-13)20-3/h4-8,10,12H,9,11,17H2,1-3H3. The van der Waals surface area contributed by atoms with Crippen molar-refractivity contribution in [3.05, 3.63) is 47.8 Å². The van der Waals surface area contributed by atoms with E-state index in [2.05, 4.69) is 29.0 Å². The van der Waals surface area contributed by atoms with E-state index in [0.717, 1.165) is 24.5 Å². The largest absolute Gasteiger partial charge is 0.493 e. The van der Waals surface area contributed by atoms with Crippen molar-refractivity contribution >= 4 is 0 Å². The lowest BCUT2D eigenvalue weighted by Gasteiger charge is -2.13. The average molecular weight is 274 g/mol. The quantitative estimate of drug-likeness (QED) is 0.880. The maximum atomic E-state index is 5.88. The molecule has 0 saturated carbocycles. The molecule has 0 amide bonds. The second-order valence-corrected chi connectivity index (χ2v) is 5.00. The molecule has 0 spiro atoms. The molecule has 0 radical (unpaired) electrons. The molecule has 1 atom stereocenters. The monoisotopic (exact) mass is 274 g/mol. The van der Waals surface area contributed by atoms with Gasteiger partial charge in [0.05, 0.1) is 14.2 Å². The zero-order valence-electron chi connectivity index (χ0n) is 12.3. The fourth-order valence-corrected chi connectivity index (χ4v) is 2.29. The van der Waals surface area contributed by atoms with Gasteiger partial charge in [-0.3, -0.25) is 0 Å². The molecule has 108 valence electrons. The Morgan fingerprint density at radius 2 is 1.90 bits per heavy atom. The van der Waals surface area contributed by atoms with E-state index in [1.54, 1.807) is 14.2 Å². The van der Waals surface area contributed by atoms with Crippen molar-refractivity contribution in [3.63, 3.8) is 0 Å². The molecule has 1 unspecified atom stereocenters. The molecule has 4 nitrogen and oxygen atoms in total. The minimum atomic E-state index is 0.161. The maximum Gasteiger partial charge on any atom is 0.161 e. The Morgan fingerprint density at radius 1 is 1.15 bits per heavy atom. The molecular weight excluding hydrogens is 252 g/mol. The van der Waals surface area contributed by atoms with E-state index in [0.29, 0.717) is 0 Å². The van der Waals surface area contributed by atoms with Gasteiger partial charge in [0.25, 0.3) is 0 Å². The van der Waals surface area contributed by atoms with E-state index in [1.165, 1.54) is 11.3 Å². The maximum absolute atomic E-state index is 5.88. The van der Waals surface area contributed by atoms with Gasteiger partial charge in [-0.25, -0.2) is 0 Å². The highest BCUT2D eigenvalue weighted by atomic mass is 16.5. The Labute approximate surface area is 120 Å². The number of nitrogens with two attached hydrogens (primary N) is 1. The summed E-state index contributed by atoms with van der Waals surface area (Å²) in [5.41, 5.74) is 8.30. The molecule has 1 heterocycles. The van der Waals surface area contributed by atoms with Gasteiger partial charge in [-0.15, -0.1) is 0 Å². The fraction of sp³-hybridized carbons (Fsp3) is 0.375. The first-order chi connectivity index (χ1) is 9.63. The molecule has 2 aromatic rings. The molecule has 0 saturated heterocycles. The Kier molecular flexibility index (Phi) is 4.69. The lowest BCUT2D eigenvalue weighted by Crippen LogP contribution is -2.20. The molecule has 4 heteroatoms. The Hall–Kier alpha value is -1.94. The number of rotatable bonds is 6. The highest BCUT2D eigenvalue weighted by Gasteiger charge is 2.07. The van der Waals surface area contributed by atoms with Crippen LogP contribution in [0.2, 0.25) is 0 Å². The summed E-state index contributed by atoms with van der Waals surface area (Å²) in [4.78, 5) is 0. The number of nitrogens with zero attached hydrogens (tertiary/aromatic N) is 1. The van der Waals surface area contributed by atoms with Crippen LogP contribution >= 0.6 is 0 Å². The van der Waals surface area contributed by atoms with Crippen molar-refractivity contribution in [3.8, 4) is 11.5 Å². The van der Waals surface area contributed by atoms with Crippen LogP contribution in [0.1, 0.15) is 18.2 Å². The van der Waals surface area contributed by atoms with Gasteiger partial charge in [-0.1, -0.05) is 6.07 Å². The normalized spacial score (nSPS) is 12.2. The molecule has 2 rings (SSSR count). The number of benzene rings is 1. The number of methoxy groups -OCH3 is 2. The summed E-state index contributed by atoms with van der Waals surface area (Å²) in [5.74, 6) is 1.51. The van der Waals surface area contributed by atoms with Crippen LogP contribution in [0.25, 0.3) is 0 Å². The lowest BCUT2D eigenvalue weighted by molar-refractivity contribution is 0.354. The van der Waals surface area contributed by atoms with Gasteiger partial charge in [-0.05, 0) is 36.8 Å². The third kappa shape index (κ3) is 3.33. The minimum Gasteiger partial charge on any atom is -0.493 e. The van der Waals surface area contributed by atoms with Gasteiger partial charge in [0, 0.05) is 30.9 Å². The topological polar surface area (TPSA) is 49.4 Å². The first kappa shape index (κ1) is 14.5. The molecule has 0 fully saturated rings. The number of hydrogen-bond donors (Lipinski definition) is 1. The van der Waals surface area contributed by atoms with Crippen molar-refractivity contribution in [2.24, 2.45) is 5.73 Å². The van der Waals surface area contributed by atoms with E-state index in [1.807, 2.05) is 19.1 Å². The van der Waals surface area contributed by atoms with E-state index in [-0.39, 0.29) is 6.04 Å². The van der Waals surface area contributed by atoms with Gasteiger partial charge in [-0.2, -0.15) is 0 Å². The smallest absolute Gasteiger partial charge is 0.161 e. The molecule has 2 N–H and O–H groups in total. The molecule has 0 bridgehead atoms. The summed E-state index contributed by atoms with van der Waals surface area (Å²) in [5, 5.41) is 0. The van der Waals surface area contributed by atoms with Crippen molar-refractivity contribution in [2.45, 2.75) is 25.9 Å². The lowest BCUT2D eigenvalue weighted by atomic mass is 10.1. The van der Waals surface area contributed by atoms with Crippen molar-refractivity contribution in [1.29, 1.82) is 0 Å². The summed E-state index contributed by atoms with van der Waals surface area (Å²) in [7, 11) is 3.29. The van der Waals surface area contributed by atoms with Crippen LogP contribution in [0.3, 0.4) is 0 Å². The third-order valence-electron chi connectivity index (χ3n) is 3.26. The van der Waals surface area contributed by atoms with E-state index < -0.39 is 0 Å². The molecule has 1 aromatic heterocycles. The van der Waals surface area contributed by atoms with Crippen LogP contribution in [0.15, 0.2) is 36.5 Å². The first-order valence-electron chi connectivity index (χ1n) is 6.74. The van der Waals surface area contributed by atoms with Crippen molar-refractivity contribution in [1.82, 2.24) is 4.57 Å². The molecular formula is C16H22N2O2. The van der Waals surface area contributed by atoms with Gasteiger partial charge in [0.2, 0.25) is 0 Å². The highest BCUT2D eigenvalue weighted by Crippen LogP contribution is 2.28. The minimum absolute atomic E-state index is 0.161. The summed E-state index contributed by atoms with van der Waals surface area (Å²) >= 11 is 0. The average Bonchev–Trinajstić information content (AvgIpc) is 2.85. The van der Waals surface area contributed by atoms with Crippen LogP contribution in [-0.4, -0.2) is 24.8 Å². The highest BCUT2D eigenvalue weighted by molar-refractivity contribution is 5.43. The zero-order chi connectivity index (χ0) is 14.5. The van der Waals surface area contributed by atoms with E-state index in [4.69, 9.17) is 15.2 Å². The second-order valence-electron chi connectivity index (χ2n) is 5.00. The van der Waals surface area contributed by atoms with E-state index >= 15 is 0 Å². The summed E-state index contributed by atoms with van der Waals surface area (Å²) in [6.07, 6.45) is 2.95. The van der Waals surface area contributed by atoms with E-state index in [9.17, 15) is 0 Å². The van der Waals surface area contributed by atoms with Gasteiger partial charge < -0.3 is 19.8 Å². The van der Waals surface area contributed by atoms with Crippen LogP contribution in [0.5, 0.6) is 11.5 Å². The molecule has 20 heavy (non-hydrogen) atoms. The Morgan fingerprint density at radius 3 is 2.55 bits per heavy atom. The Bertz CT molecular complexity index is 561. The van der Waals surface area contributed by atoms with Crippen molar-refractivity contribution < 1.29 is 9.47 Å². The van der Waals surface area contributed by atoms with Crippen LogP contribution in [0, 0.1) is 0 Å². The summed E-state index contributed by atoms with van der Waals surface area (Å²) in [6, 6.07) is 10.3. The first-order valence-corrected chi connectivity index (χ1v) is 6.74. The Balaban J connectivity index is 2.20. The molecule has 0 aliphatic carbocycles. The number of hydrogen-bond acceptors (Lipinski definition) is 3. The van der Waals surface area contributed by atoms with Gasteiger partial charge in [0.15, 0.2) is 11.5 Å². The predicted octanol–water partition coefficient (Wildman–Crippen LogP) is 2.44. The number of aromatic nitrogens is 1. The van der Waals surface area contributed by atoms with Gasteiger partial charge in [0.1, 0.15) is 0 Å². The van der Waals surface area contributed by atoms with Crippen LogP contribution < -0.4 is 15.2 Å². The fourth-order valence-electron chi connectivity index (χ4n) is 2.29. The molecule has 0 aliphatic heterocycles. The number of ether oxygens (including phenoxy) is 2. The second kappa shape index (κ2) is 6.48. The molecule has 0 aliphatic rings. The van der Waals surface area contributed by atoms with Gasteiger partial charge >= 0.3 is 0 Å². The van der Waals surface area contributed by atoms with Crippen LogP contribution in [-0.2, 0) is 13.0 Å². The zero-order valence-corrected chi connectivity index (χ0v) is 12.3. The molecule has 1 aromatic carbocycles. The van der Waals surface area contributed by atoms with Crippen molar-refractivity contribution in [2.75, 3.05) is 14.2 Å². The summed E-state index contributed by atoms with van der Waals surface area (Å²) in [6.45, 7) is 2.82. The SMILES string of the molecule is COc1ccc(Cn2cccc2CC(C)N)cc1OC. The van der Waals surface area contributed by atoms with Crippen LogP contribution in [0.4, 0.5) is 0 Å².